The van der Waals surface area contributed by atoms with Gasteiger partial charge in [0.25, 0.3) is 0 Å². The fourth-order valence-corrected chi connectivity index (χ4v) is 3.45. The number of rotatable bonds is 2. The summed E-state index contributed by atoms with van der Waals surface area (Å²) >= 11 is 1.45. The summed E-state index contributed by atoms with van der Waals surface area (Å²) in [4.78, 5) is 18.8. The van der Waals surface area contributed by atoms with E-state index in [2.05, 4.69) is 36.7 Å². The van der Waals surface area contributed by atoms with Gasteiger partial charge in [-0.15, -0.1) is 11.3 Å². The molecule has 0 bridgehead atoms. The van der Waals surface area contributed by atoms with E-state index in [1.54, 1.807) is 10.6 Å². The van der Waals surface area contributed by atoms with Crippen molar-refractivity contribution in [1.29, 1.82) is 0 Å². The van der Waals surface area contributed by atoms with Crippen LogP contribution in [0.15, 0.2) is 23.2 Å². The molecule has 0 saturated carbocycles. The first-order valence-corrected chi connectivity index (χ1v) is 7.89. The lowest BCUT2D eigenvalue weighted by molar-refractivity contribution is 0.0690. The molecule has 1 aliphatic heterocycles. The molecule has 112 valence electrons. The molecular weight excluding hydrogens is 286 g/mol. The maximum atomic E-state index is 11.6. The molecule has 3 rings (SSSR count). The zero-order valence-corrected chi connectivity index (χ0v) is 13.3. The van der Waals surface area contributed by atoms with Crippen LogP contribution in [0.25, 0.3) is 4.96 Å². The quantitative estimate of drug-likeness (QED) is 0.865. The highest BCUT2D eigenvalue weighted by atomic mass is 32.1. The lowest BCUT2D eigenvalue weighted by Gasteiger charge is -2.32. The van der Waals surface area contributed by atoms with Crippen molar-refractivity contribution in [3.8, 4) is 0 Å². The third-order valence-electron chi connectivity index (χ3n) is 3.92. The molecule has 5 nitrogen and oxygen atoms in total. The number of anilines is 1. The van der Waals surface area contributed by atoms with Crippen molar-refractivity contribution in [2.24, 2.45) is 5.41 Å². The summed E-state index contributed by atoms with van der Waals surface area (Å²) in [7, 11) is 0. The maximum Gasteiger partial charge on any atom is 0.356 e. The molecule has 0 spiro atoms. The molecule has 1 aliphatic rings. The first-order valence-electron chi connectivity index (χ1n) is 7.01. The van der Waals surface area contributed by atoms with E-state index in [1.165, 1.54) is 16.9 Å². The van der Waals surface area contributed by atoms with Crippen LogP contribution < -0.4 is 4.90 Å². The fraction of sp³-hybridized carbons (Fsp3) is 0.467. The summed E-state index contributed by atoms with van der Waals surface area (Å²) in [6, 6.07) is 0. The van der Waals surface area contributed by atoms with Crippen LogP contribution in [0.3, 0.4) is 0 Å². The number of nitrogens with zero attached hydrogens (tertiary/aromatic N) is 3. The van der Waals surface area contributed by atoms with Gasteiger partial charge in [0.05, 0.1) is 0 Å². The van der Waals surface area contributed by atoms with Gasteiger partial charge >= 0.3 is 5.97 Å². The number of aromatic nitrogens is 2. The topological polar surface area (TPSA) is 57.8 Å². The van der Waals surface area contributed by atoms with Crippen LogP contribution in [0.5, 0.6) is 0 Å². The second-order valence-electron chi connectivity index (χ2n) is 6.32. The van der Waals surface area contributed by atoms with Gasteiger partial charge in [-0.1, -0.05) is 32.4 Å². The van der Waals surface area contributed by atoms with Gasteiger partial charge in [0.15, 0.2) is 16.5 Å². The first-order chi connectivity index (χ1) is 9.88. The molecule has 0 saturated heterocycles. The van der Waals surface area contributed by atoms with Crippen molar-refractivity contribution < 1.29 is 9.90 Å². The van der Waals surface area contributed by atoms with E-state index in [0.717, 1.165) is 24.5 Å². The number of carboxylic acids is 1. The number of fused-ring (bicyclic) bond motifs is 1. The molecule has 0 fully saturated rings. The van der Waals surface area contributed by atoms with Crippen LogP contribution >= 0.6 is 11.3 Å². The van der Waals surface area contributed by atoms with Crippen LogP contribution in [0.4, 0.5) is 5.82 Å². The third-order valence-corrected chi connectivity index (χ3v) is 4.67. The molecule has 0 atom stereocenters. The van der Waals surface area contributed by atoms with Gasteiger partial charge in [0, 0.05) is 24.7 Å². The van der Waals surface area contributed by atoms with Crippen molar-refractivity contribution in [2.45, 2.75) is 27.2 Å². The highest BCUT2D eigenvalue weighted by Crippen LogP contribution is 2.33. The molecule has 21 heavy (non-hydrogen) atoms. The molecule has 0 aliphatic carbocycles. The highest BCUT2D eigenvalue weighted by Gasteiger charge is 2.27. The van der Waals surface area contributed by atoms with Crippen molar-refractivity contribution in [1.82, 2.24) is 9.38 Å². The zero-order valence-electron chi connectivity index (χ0n) is 12.5. The third kappa shape index (κ3) is 2.44. The summed E-state index contributed by atoms with van der Waals surface area (Å²) in [5.41, 5.74) is 1.87. The van der Waals surface area contributed by atoms with Gasteiger partial charge in [-0.05, 0) is 11.8 Å². The Hall–Kier alpha value is -1.82. The summed E-state index contributed by atoms with van der Waals surface area (Å²) in [5, 5.41) is 11.3. The Morgan fingerprint density at radius 1 is 1.43 bits per heavy atom. The van der Waals surface area contributed by atoms with Crippen LogP contribution in [0, 0.1) is 5.41 Å². The number of thiazole rings is 1. The predicted octanol–water partition coefficient (Wildman–Crippen LogP) is 3.28. The Labute approximate surface area is 127 Å². The minimum Gasteiger partial charge on any atom is -0.476 e. The van der Waals surface area contributed by atoms with Crippen molar-refractivity contribution in [3.05, 3.63) is 28.9 Å². The summed E-state index contributed by atoms with van der Waals surface area (Å²) in [5.74, 6) is -0.347. The SMILES string of the molecule is CC(C)(C)C1=CCN(c2nc3sccn3c2C(=O)O)CC1. The van der Waals surface area contributed by atoms with Gasteiger partial charge in [-0.3, -0.25) is 4.40 Å². The Bertz CT molecular complexity index is 721. The van der Waals surface area contributed by atoms with Crippen molar-refractivity contribution in [3.63, 3.8) is 0 Å². The highest BCUT2D eigenvalue weighted by molar-refractivity contribution is 7.15. The zero-order chi connectivity index (χ0) is 15.2. The first kappa shape index (κ1) is 14.1. The molecule has 0 radical (unpaired) electrons. The standard InChI is InChI=1S/C15H19N3O2S/c1-15(2,3)10-4-6-17(7-5-10)12-11(13(19)20)18-8-9-21-14(18)16-12/h4,8-9H,5-7H2,1-3H3,(H,19,20). The van der Waals surface area contributed by atoms with Crippen molar-refractivity contribution >= 4 is 28.1 Å². The van der Waals surface area contributed by atoms with Crippen molar-refractivity contribution in [2.75, 3.05) is 18.0 Å². The summed E-state index contributed by atoms with van der Waals surface area (Å²) in [6.07, 6.45) is 4.93. The molecule has 0 amide bonds. The largest absolute Gasteiger partial charge is 0.476 e. The van der Waals surface area contributed by atoms with Gasteiger partial charge in [-0.25, -0.2) is 9.78 Å². The normalized spacial score (nSPS) is 16.3. The van der Waals surface area contributed by atoms with E-state index in [9.17, 15) is 9.90 Å². The second kappa shape index (κ2) is 4.87. The molecule has 2 aromatic heterocycles. The van der Waals surface area contributed by atoms with E-state index in [0.29, 0.717) is 5.82 Å². The van der Waals surface area contributed by atoms with Crippen LogP contribution in [0.2, 0.25) is 0 Å². The minimum atomic E-state index is -0.929. The lowest BCUT2D eigenvalue weighted by Crippen LogP contribution is -2.32. The Kier molecular flexibility index (Phi) is 3.28. The number of hydrogen-bond donors (Lipinski definition) is 1. The summed E-state index contributed by atoms with van der Waals surface area (Å²) in [6.45, 7) is 8.17. The van der Waals surface area contributed by atoms with Gasteiger partial charge < -0.3 is 10.0 Å². The average Bonchev–Trinajstić information content (AvgIpc) is 2.96. The van der Waals surface area contributed by atoms with Gasteiger partial charge in [-0.2, -0.15) is 0 Å². The predicted molar refractivity (Wildman–Crippen MR) is 84.4 cm³/mol. The number of carboxylic acid groups (broad SMARTS) is 1. The molecule has 0 aromatic carbocycles. The molecule has 6 heteroatoms. The van der Waals surface area contributed by atoms with Gasteiger partial charge in [0.2, 0.25) is 0 Å². The van der Waals surface area contributed by atoms with E-state index in [1.807, 2.05) is 5.38 Å². The number of imidazole rings is 1. The van der Waals surface area contributed by atoms with Crippen LogP contribution in [0.1, 0.15) is 37.7 Å². The Morgan fingerprint density at radius 2 is 2.19 bits per heavy atom. The van der Waals surface area contributed by atoms with Crippen LogP contribution in [-0.4, -0.2) is 33.6 Å². The van der Waals surface area contributed by atoms with E-state index in [4.69, 9.17) is 0 Å². The van der Waals surface area contributed by atoms with E-state index < -0.39 is 5.97 Å². The maximum absolute atomic E-state index is 11.6. The van der Waals surface area contributed by atoms with Gasteiger partial charge in [0.1, 0.15) is 0 Å². The Balaban J connectivity index is 1.96. The molecule has 3 heterocycles. The molecule has 1 N–H and O–H groups in total. The van der Waals surface area contributed by atoms with E-state index >= 15 is 0 Å². The fourth-order valence-electron chi connectivity index (χ4n) is 2.74. The second-order valence-corrected chi connectivity index (χ2v) is 7.19. The number of aromatic carboxylic acids is 1. The molecular formula is C15H19N3O2S. The minimum absolute atomic E-state index is 0.177. The smallest absolute Gasteiger partial charge is 0.356 e. The number of carbonyl (C=O) groups is 1. The summed E-state index contributed by atoms with van der Waals surface area (Å²) < 4.78 is 1.66. The molecule has 0 unspecified atom stereocenters. The Morgan fingerprint density at radius 3 is 2.76 bits per heavy atom. The molecule has 2 aromatic rings. The van der Waals surface area contributed by atoms with Crippen LogP contribution in [-0.2, 0) is 0 Å². The number of hydrogen-bond acceptors (Lipinski definition) is 4. The average molecular weight is 305 g/mol. The lowest BCUT2D eigenvalue weighted by atomic mass is 9.83. The monoisotopic (exact) mass is 305 g/mol. The van der Waals surface area contributed by atoms with E-state index in [-0.39, 0.29) is 11.1 Å².